The summed E-state index contributed by atoms with van der Waals surface area (Å²) in [4.78, 5) is 15.8. The van der Waals surface area contributed by atoms with Crippen LogP contribution < -0.4 is 19.5 Å². The van der Waals surface area contributed by atoms with Crippen molar-refractivity contribution in [2.45, 2.75) is 11.7 Å². The highest BCUT2D eigenvalue weighted by atomic mass is 32.2. The minimum Gasteiger partial charge on any atom is -0.496 e. The van der Waals surface area contributed by atoms with Crippen LogP contribution in [0.4, 0.5) is 0 Å². The third kappa shape index (κ3) is 4.52. The zero-order valence-corrected chi connectivity index (χ0v) is 13.9. The Kier molecular flexibility index (Phi) is 6.10. The molecule has 0 spiro atoms. The Balaban J connectivity index is 1.97. The molecule has 1 aromatic heterocycles. The first-order valence-electron chi connectivity index (χ1n) is 6.71. The molecule has 1 aromatic carbocycles. The van der Waals surface area contributed by atoms with Crippen LogP contribution in [0.5, 0.6) is 17.2 Å². The van der Waals surface area contributed by atoms with Crippen molar-refractivity contribution in [1.29, 1.82) is 0 Å². The first-order valence-corrected chi connectivity index (χ1v) is 7.70. The number of nitrogens with zero attached hydrogens (tertiary/aromatic N) is 2. The van der Waals surface area contributed by atoms with Gasteiger partial charge in [0.05, 0.1) is 27.1 Å². The van der Waals surface area contributed by atoms with Crippen molar-refractivity contribution in [2.75, 3.05) is 27.1 Å². The zero-order chi connectivity index (χ0) is 16.7. The molecule has 8 nitrogen and oxygen atoms in total. The lowest BCUT2D eigenvalue weighted by molar-refractivity contribution is -0.118. The monoisotopic (exact) mass is 338 g/mol. The third-order valence-corrected chi connectivity index (χ3v) is 3.87. The number of hydrogen-bond donors (Lipinski definition) is 2. The first kappa shape index (κ1) is 16.9. The van der Waals surface area contributed by atoms with Gasteiger partial charge in [0.15, 0.2) is 16.7 Å². The van der Waals surface area contributed by atoms with E-state index in [1.165, 1.54) is 18.1 Å². The van der Waals surface area contributed by atoms with E-state index in [9.17, 15) is 4.79 Å². The Morgan fingerprint density at radius 3 is 2.48 bits per heavy atom. The van der Waals surface area contributed by atoms with Gasteiger partial charge in [-0.2, -0.15) is 5.10 Å². The molecule has 0 aliphatic carbocycles. The molecule has 0 saturated heterocycles. The Hall–Kier alpha value is -2.42. The summed E-state index contributed by atoms with van der Waals surface area (Å²) in [5.74, 6) is 1.88. The summed E-state index contributed by atoms with van der Waals surface area (Å²) in [7, 11) is 4.67. The maximum absolute atomic E-state index is 11.9. The molecule has 23 heavy (non-hydrogen) atoms. The van der Waals surface area contributed by atoms with Crippen molar-refractivity contribution < 1.29 is 19.0 Å². The van der Waals surface area contributed by atoms with E-state index < -0.39 is 0 Å². The van der Waals surface area contributed by atoms with Gasteiger partial charge in [-0.3, -0.25) is 9.89 Å². The zero-order valence-electron chi connectivity index (χ0n) is 13.1. The largest absolute Gasteiger partial charge is 0.496 e. The molecule has 0 aliphatic heterocycles. The van der Waals surface area contributed by atoms with Crippen LogP contribution in [0.1, 0.15) is 5.56 Å². The normalized spacial score (nSPS) is 10.2. The first-order chi connectivity index (χ1) is 11.2. The summed E-state index contributed by atoms with van der Waals surface area (Å²) in [5.41, 5.74) is 0.795. The fraction of sp³-hybridized carbons (Fsp3) is 0.357. The Morgan fingerprint density at radius 2 is 1.87 bits per heavy atom. The minimum absolute atomic E-state index is 0.122. The van der Waals surface area contributed by atoms with Crippen LogP contribution in [-0.2, 0) is 11.3 Å². The summed E-state index contributed by atoms with van der Waals surface area (Å²) in [6.45, 7) is 0.319. The summed E-state index contributed by atoms with van der Waals surface area (Å²) < 4.78 is 15.8. The molecule has 0 radical (unpaired) electrons. The summed E-state index contributed by atoms with van der Waals surface area (Å²) in [6, 6.07) is 3.51. The predicted molar refractivity (Wildman–Crippen MR) is 85.1 cm³/mol. The highest BCUT2D eigenvalue weighted by Gasteiger charge is 2.13. The Labute approximate surface area is 137 Å². The summed E-state index contributed by atoms with van der Waals surface area (Å²) >= 11 is 1.28. The molecule has 124 valence electrons. The van der Waals surface area contributed by atoms with Gasteiger partial charge >= 0.3 is 0 Å². The second-order valence-corrected chi connectivity index (χ2v) is 5.34. The number of aromatic amines is 1. The van der Waals surface area contributed by atoms with Gasteiger partial charge in [0.25, 0.3) is 0 Å². The average molecular weight is 338 g/mol. The van der Waals surface area contributed by atoms with Gasteiger partial charge in [0.1, 0.15) is 12.1 Å². The fourth-order valence-electron chi connectivity index (χ4n) is 1.87. The van der Waals surface area contributed by atoms with Crippen molar-refractivity contribution >= 4 is 17.7 Å². The Morgan fingerprint density at radius 1 is 1.17 bits per heavy atom. The van der Waals surface area contributed by atoms with E-state index in [4.69, 9.17) is 14.2 Å². The minimum atomic E-state index is -0.122. The fourth-order valence-corrected chi connectivity index (χ4v) is 2.48. The molecule has 2 aromatic rings. The number of thioether (sulfide) groups is 1. The SMILES string of the molecule is COc1cc(OC)c(OC)cc1CNC(=O)CSc1ncn[nH]1. The van der Waals surface area contributed by atoms with Crippen LogP contribution in [0.3, 0.4) is 0 Å². The smallest absolute Gasteiger partial charge is 0.230 e. The number of aromatic nitrogens is 3. The van der Waals surface area contributed by atoms with Gasteiger partial charge in [0, 0.05) is 18.2 Å². The van der Waals surface area contributed by atoms with Gasteiger partial charge < -0.3 is 19.5 Å². The second-order valence-electron chi connectivity index (χ2n) is 4.38. The molecular weight excluding hydrogens is 320 g/mol. The van der Waals surface area contributed by atoms with Gasteiger partial charge in [-0.15, -0.1) is 0 Å². The number of carbonyl (C=O) groups is 1. The van der Waals surface area contributed by atoms with Gasteiger partial charge in [-0.25, -0.2) is 4.98 Å². The number of ether oxygens (including phenoxy) is 3. The maximum atomic E-state index is 11.9. The molecule has 0 bridgehead atoms. The van der Waals surface area contributed by atoms with Crippen molar-refractivity contribution in [1.82, 2.24) is 20.5 Å². The summed E-state index contributed by atoms with van der Waals surface area (Å²) in [6.07, 6.45) is 1.40. The molecule has 1 heterocycles. The number of methoxy groups -OCH3 is 3. The highest BCUT2D eigenvalue weighted by Crippen LogP contribution is 2.34. The van der Waals surface area contributed by atoms with E-state index in [0.29, 0.717) is 28.9 Å². The van der Waals surface area contributed by atoms with Crippen molar-refractivity contribution in [3.63, 3.8) is 0 Å². The van der Waals surface area contributed by atoms with Gasteiger partial charge in [0.2, 0.25) is 5.91 Å². The lowest BCUT2D eigenvalue weighted by Crippen LogP contribution is -2.24. The third-order valence-electron chi connectivity index (χ3n) is 3.00. The molecule has 0 saturated carbocycles. The number of rotatable bonds is 8. The quantitative estimate of drug-likeness (QED) is 0.699. The topological polar surface area (TPSA) is 98.4 Å². The number of benzene rings is 1. The number of H-pyrrole nitrogens is 1. The maximum Gasteiger partial charge on any atom is 0.230 e. The van der Waals surface area contributed by atoms with E-state index >= 15 is 0 Å². The molecular formula is C14H18N4O4S. The standard InChI is InChI=1S/C14H18N4O4S/c1-20-10-5-12(22-3)11(21-2)4-9(10)6-15-13(19)7-23-14-16-8-17-18-14/h4-5,8H,6-7H2,1-3H3,(H,15,19)(H,16,17,18). The molecule has 0 atom stereocenters. The molecule has 2 rings (SSSR count). The lowest BCUT2D eigenvalue weighted by Gasteiger charge is -2.14. The van der Waals surface area contributed by atoms with Crippen LogP contribution in [0, 0.1) is 0 Å². The lowest BCUT2D eigenvalue weighted by atomic mass is 10.1. The number of carbonyl (C=O) groups excluding carboxylic acids is 1. The molecule has 9 heteroatoms. The Bertz CT molecular complexity index is 648. The molecule has 2 N–H and O–H groups in total. The van der Waals surface area contributed by atoms with E-state index in [0.717, 1.165) is 5.56 Å². The van der Waals surface area contributed by atoms with Gasteiger partial charge in [-0.05, 0) is 6.07 Å². The molecule has 1 amide bonds. The molecule has 0 unspecified atom stereocenters. The molecule has 0 fully saturated rings. The highest BCUT2D eigenvalue weighted by molar-refractivity contribution is 7.99. The van der Waals surface area contributed by atoms with Crippen molar-refractivity contribution in [3.8, 4) is 17.2 Å². The van der Waals surface area contributed by atoms with E-state index in [2.05, 4.69) is 20.5 Å². The van der Waals surface area contributed by atoms with Crippen LogP contribution in [0.15, 0.2) is 23.6 Å². The second kappa shape index (κ2) is 8.28. The van der Waals surface area contributed by atoms with Crippen LogP contribution in [0.25, 0.3) is 0 Å². The van der Waals surface area contributed by atoms with Crippen LogP contribution in [-0.4, -0.2) is 48.2 Å². The molecule has 0 aliphatic rings. The van der Waals surface area contributed by atoms with Crippen molar-refractivity contribution in [3.05, 3.63) is 24.0 Å². The van der Waals surface area contributed by atoms with Crippen LogP contribution in [0.2, 0.25) is 0 Å². The number of nitrogens with one attached hydrogen (secondary N) is 2. The average Bonchev–Trinajstić information content (AvgIpc) is 3.10. The number of amides is 1. The van der Waals surface area contributed by atoms with Crippen LogP contribution >= 0.6 is 11.8 Å². The van der Waals surface area contributed by atoms with Gasteiger partial charge in [-0.1, -0.05) is 11.8 Å². The number of hydrogen-bond acceptors (Lipinski definition) is 7. The van der Waals surface area contributed by atoms with E-state index in [1.54, 1.807) is 33.5 Å². The van der Waals surface area contributed by atoms with E-state index in [-0.39, 0.29) is 11.7 Å². The van der Waals surface area contributed by atoms with Crippen molar-refractivity contribution in [2.24, 2.45) is 0 Å². The predicted octanol–water partition coefficient (Wildman–Crippen LogP) is 1.24. The summed E-state index contributed by atoms with van der Waals surface area (Å²) in [5, 5.41) is 9.83. The van der Waals surface area contributed by atoms with E-state index in [1.807, 2.05) is 0 Å².